The lowest BCUT2D eigenvalue weighted by Crippen LogP contribution is -1.93. The van der Waals surface area contributed by atoms with Crippen molar-refractivity contribution in [1.82, 2.24) is 0 Å². The maximum absolute atomic E-state index is 9.31. The van der Waals surface area contributed by atoms with Crippen LogP contribution in [0.25, 0.3) is 0 Å². The number of phenolic OH excluding ortho intramolecular Hbond substituents is 1. The molecule has 0 aromatic heterocycles. The molecule has 0 unspecified atom stereocenters. The summed E-state index contributed by atoms with van der Waals surface area (Å²) < 4.78 is 5.19. The van der Waals surface area contributed by atoms with Gasteiger partial charge in [0.15, 0.2) is 11.5 Å². The first-order valence-electron chi connectivity index (χ1n) is 5.20. The Kier molecular flexibility index (Phi) is 11.9. The van der Waals surface area contributed by atoms with Gasteiger partial charge in [0.25, 0.3) is 0 Å². The van der Waals surface area contributed by atoms with Gasteiger partial charge in [-0.05, 0) is 19.1 Å². The number of phenols is 1. The number of benzene rings is 1. The Morgan fingerprint density at radius 2 is 1.94 bits per heavy atom. The lowest BCUT2D eigenvalue weighted by Gasteiger charge is -2.07. The normalized spacial score (nSPS) is 7.75. The summed E-state index contributed by atoms with van der Waals surface area (Å²) in [4.78, 5) is 8.00. The summed E-state index contributed by atoms with van der Waals surface area (Å²) in [6.45, 7) is 8.44. The summed E-state index contributed by atoms with van der Waals surface area (Å²) in [5, 5.41) is 12.3. The molecule has 0 amide bonds. The second-order valence-corrected chi connectivity index (χ2v) is 2.37. The van der Waals surface area contributed by atoms with Crippen molar-refractivity contribution in [2.45, 2.75) is 20.8 Å². The van der Waals surface area contributed by atoms with E-state index in [0.29, 0.717) is 12.4 Å². The van der Waals surface area contributed by atoms with E-state index in [0.717, 1.165) is 5.69 Å². The van der Waals surface area contributed by atoms with Crippen molar-refractivity contribution in [3.05, 3.63) is 18.2 Å². The van der Waals surface area contributed by atoms with E-state index >= 15 is 0 Å². The molecule has 0 bridgehead atoms. The zero-order chi connectivity index (χ0) is 13.0. The molecule has 0 aliphatic carbocycles. The Bertz CT molecular complexity index is 277. The molecule has 16 heavy (non-hydrogen) atoms. The fourth-order valence-electron chi connectivity index (χ4n) is 0.941. The molecule has 0 atom stereocenters. The van der Waals surface area contributed by atoms with Crippen molar-refractivity contribution in [1.29, 1.82) is 0 Å². The quantitative estimate of drug-likeness (QED) is 0.779. The summed E-state index contributed by atoms with van der Waals surface area (Å²) >= 11 is 0. The third kappa shape index (κ3) is 5.90. The van der Waals surface area contributed by atoms with Gasteiger partial charge in [-0.2, -0.15) is 0 Å². The zero-order valence-corrected chi connectivity index (χ0v) is 10.4. The molecule has 1 rings (SSSR count). The summed E-state index contributed by atoms with van der Waals surface area (Å²) in [7, 11) is 1.82. The number of hydrogen-bond acceptors (Lipinski definition) is 4. The summed E-state index contributed by atoms with van der Waals surface area (Å²) in [6.07, 6.45) is 0. The first-order valence-corrected chi connectivity index (χ1v) is 5.20. The highest BCUT2D eigenvalue weighted by atomic mass is 16.5. The van der Waals surface area contributed by atoms with Crippen molar-refractivity contribution in [2.24, 2.45) is 0 Å². The molecule has 92 valence electrons. The molecular formula is C12H21NO3. The zero-order valence-electron chi connectivity index (χ0n) is 10.4. The molecule has 0 aliphatic heterocycles. The van der Waals surface area contributed by atoms with Crippen molar-refractivity contribution in [3.63, 3.8) is 0 Å². The van der Waals surface area contributed by atoms with Crippen LogP contribution in [0, 0.1) is 0 Å². The van der Waals surface area contributed by atoms with Crippen LogP contribution >= 0.6 is 0 Å². The lowest BCUT2D eigenvalue weighted by molar-refractivity contribution is -0.0979. The Labute approximate surface area is 97.3 Å². The van der Waals surface area contributed by atoms with Crippen LogP contribution in [0.4, 0.5) is 5.69 Å². The average molecular weight is 227 g/mol. The van der Waals surface area contributed by atoms with Crippen LogP contribution in [0.2, 0.25) is 0 Å². The minimum absolute atomic E-state index is 0.177. The smallest absolute Gasteiger partial charge is 0.162 e. The van der Waals surface area contributed by atoms with Crippen LogP contribution in [0.15, 0.2) is 18.2 Å². The number of carbonyl (C=O) groups excluding carboxylic acids is 1. The average Bonchev–Trinajstić information content (AvgIpc) is 2.37. The molecule has 0 heterocycles. The summed E-state index contributed by atoms with van der Waals surface area (Å²) in [5.41, 5.74) is 0.927. The van der Waals surface area contributed by atoms with Crippen molar-refractivity contribution in [3.8, 4) is 11.5 Å². The third-order valence-corrected chi connectivity index (χ3v) is 1.55. The molecule has 4 heteroatoms. The number of carbonyl (C=O) groups is 1. The highest BCUT2D eigenvalue weighted by molar-refractivity contribution is 5.53. The van der Waals surface area contributed by atoms with Gasteiger partial charge in [-0.1, -0.05) is 13.8 Å². The summed E-state index contributed by atoms with van der Waals surface area (Å²) in [5.74, 6) is 0.695. The van der Waals surface area contributed by atoms with E-state index in [-0.39, 0.29) is 5.75 Å². The predicted molar refractivity (Wildman–Crippen MR) is 67.3 cm³/mol. The van der Waals surface area contributed by atoms with Crippen LogP contribution in [0.1, 0.15) is 20.8 Å². The van der Waals surface area contributed by atoms with E-state index in [1.54, 1.807) is 18.2 Å². The highest BCUT2D eigenvalue weighted by Crippen LogP contribution is 2.28. The van der Waals surface area contributed by atoms with Crippen LogP contribution in [0.5, 0.6) is 11.5 Å². The fraction of sp³-hybridized carbons (Fsp3) is 0.417. The standard InChI is InChI=1S/C9H13NO2.C2H6.CH2O/c1-3-12-9-6-7(10-2)4-5-8(9)11;2*1-2/h4-6,10-11H,3H2,1-2H3;1-2H3;1H2. The molecule has 0 saturated carbocycles. The number of ether oxygens (including phenoxy) is 1. The van der Waals surface area contributed by atoms with Gasteiger partial charge in [0.05, 0.1) is 6.61 Å². The van der Waals surface area contributed by atoms with E-state index in [1.807, 2.05) is 34.6 Å². The Hall–Kier alpha value is -1.71. The highest BCUT2D eigenvalue weighted by Gasteiger charge is 2.01. The molecular weight excluding hydrogens is 206 g/mol. The molecule has 4 nitrogen and oxygen atoms in total. The van der Waals surface area contributed by atoms with Crippen molar-refractivity contribution >= 4 is 12.5 Å². The van der Waals surface area contributed by atoms with Crippen molar-refractivity contribution in [2.75, 3.05) is 19.0 Å². The van der Waals surface area contributed by atoms with Gasteiger partial charge in [-0.15, -0.1) is 0 Å². The van der Waals surface area contributed by atoms with E-state index in [9.17, 15) is 5.11 Å². The van der Waals surface area contributed by atoms with E-state index in [2.05, 4.69) is 5.32 Å². The third-order valence-electron chi connectivity index (χ3n) is 1.55. The van der Waals surface area contributed by atoms with Gasteiger partial charge < -0.3 is 20.0 Å². The van der Waals surface area contributed by atoms with Gasteiger partial charge in [-0.25, -0.2) is 0 Å². The lowest BCUT2D eigenvalue weighted by atomic mass is 10.3. The van der Waals surface area contributed by atoms with Crippen molar-refractivity contribution < 1.29 is 14.6 Å². The van der Waals surface area contributed by atoms with E-state index < -0.39 is 0 Å². The minimum Gasteiger partial charge on any atom is -0.504 e. The number of rotatable bonds is 3. The number of anilines is 1. The first-order chi connectivity index (χ1) is 7.77. The van der Waals surface area contributed by atoms with Gasteiger partial charge in [0.1, 0.15) is 6.79 Å². The predicted octanol–water partition coefficient (Wildman–Crippen LogP) is 2.67. The molecule has 2 N–H and O–H groups in total. The van der Waals surface area contributed by atoms with Crippen LogP contribution in [0.3, 0.4) is 0 Å². The Morgan fingerprint density at radius 3 is 2.38 bits per heavy atom. The monoisotopic (exact) mass is 227 g/mol. The molecule has 0 radical (unpaired) electrons. The maximum Gasteiger partial charge on any atom is 0.162 e. The Balaban J connectivity index is 0. The Morgan fingerprint density at radius 1 is 1.38 bits per heavy atom. The largest absolute Gasteiger partial charge is 0.504 e. The summed E-state index contributed by atoms with van der Waals surface area (Å²) in [6, 6.07) is 5.16. The van der Waals surface area contributed by atoms with Crippen LogP contribution < -0.4 is 10.1 Å². The minimum atomic E-state index is 0.177. The first kappa shape index (κ1) is 16.7. The van der Waals surface area contributed by atoms with Gasteiger partial charge in [-0.3, -0.25) is 0 Å². The molecule has 0 spiro atoms. The number of hydrogen-bond donors (Lipinski definition) is 2. The number of nitrogens with one attached hydrogen (secondary N) is 1. The molecule has 0 aliphatic rings. The number of aromatic hydroxyl groups is 1. The SMILES string of the molecule is C=O.CC.CCOc1cc(NC)ccc1O. The van der Waals surface area contributed by atoms with Crippen LogP contribution in [-0.2, 0) is 4.79 Å². The molecule has 1 aromatic carbocycles. The molecule has 0 saturated heterocycles. The second kappa shape index (κ2) is 11.4. The second-order valence-electron chi connectivity index (χ2n) is 2.37. The topological polar surface area (TPSA) is 58.6 Å². The van der Waals surface area contributed by atoms with E-state index in [1.165, 1.54) is 0 Å². The van der Waals surface area contributed by atoms with Gasteiger partial charge >= 0.3 is 0 Å². The van der Waals surface area contributed by atoms with Crippen LogP contribution in [-0.4, -0.2) is 25.6 Å². The molecule has 1 aromatic rings. The molecule has 0 fully saturated rings. The van der Waals surface area contributed by atoms with Gasteiger partial charge in [0, 0.05) is 18.8 Å². The van der Waals surface area contributed by atoms with E-state index in [4.69, 9.17) is 9.53 Å². The maximum atomic E-state index is 9.31. The fourth-order valence-corrected chi connectivity index (χ4v) is 0.941. The van der Waals surface area contributed by atoms with Gasteiger partial charge in [0.2, 0.25) is 0 Å².